The number of methoxy groups -OCH3 is 1. The zero-order valence-corrected chi connectivity index (χ0v) is 11.1. The summed E-state index contributed by atoms with van der Waals surface area (Å²) in [7, 11) is 1.57. The number of carbonyl (C=O) groups excluding carboxylic acids is 1. The van der Waals surface area contributed by atoms with Gasteiger partial charge < -0.3 is 9.64 Å². The van der Waals surface area contributed by atoms with E-state index in [4.69, 9.17) is 4.74 Å². The van der Waals surface area contributed by atoms with E-state index in [-0.39, 0.29) is 11.8 Å². The molecule has 1 atom stereocenters. The molecule has 98 valence electrons. The van der Waals surface area contributed by atoms with Crippen molar-refractivity contribution in [1.29, 1.82) is 0 Å². The summed E-state index contributed by atoms with van der Waals surface area (Å²) in [5.41, 5.74) is 0.733. The van der Waals surface area contributed by atoms with Crippen molar-refractivity contribution in [2.75, 3.05) is 20.2 Å². The van der Waals surface area contributed by atoms with Crippen molar-refractivity contribution in [1.82, 2.24) is 14.9 Å². The molecule has 0 spiro atoms. The number of amides is 1. The lowest BCUT2D eigenvalue weighted by atomic mass is 10.1. The third-order valence-electron chi connectivity index (χ3n) is 3.28. The number of carbonyl (C=O) groups is 1. The van der Waals surface area contributed by atoms with E-state index in [0.29, 0.717) is 11.7 Å². The van der Waals surface area contributed by atoms with Gasteiger partial charge in [0.25, 0.3) is 0 Å². The van der Waals surface area contributed by atoms with E-state index in [2.05, 4.69) is 9.97 Å². The van der Waals surface area contributed by atoms with Gasteiger partial charge in [0.2, 0.25) is 11.8 Å². The highest BCUT2D eigenvalue weighted by atomic mass is 16.5. The lowest BCUT2D eigenvalue weighted by Crippen LogP contribution is -2.32. The van der Waals surface area contributed by atoms with Crippen LogP contribution in [-0.2, 0) is 4.79 Å². The Morgan fingerprint density at radius 2 is 2.06 bits per heavy atom. The van der Waals surface area contributed by atoms with Crippen LogP contribution < -0.4 is 4.74 Å². The number of hydrogen-bond acceptors (Lipinski definition) is 4. The average Bonchev–Trinajstić information content (AvgIpc) is 2.90. The first-order valence-corrected chi connectivity index (χ1v) is 6.30. The number of nitrogens with zero attached hydrogens (tertiary/aromatic N) is 3. The summed E-state index contributed by atoms with van der Waals surface area (Å²) in [5, 5.41) is 0. The van der Waals surface area contributed by atoms with Crippen molar-refractivity contribution >= 4 is 5.91 Å². The van der Waals surface area contributed by atoms with E-state index in [1.807, 2.05) is 11.8 Å². The molecule has 0 radical (unpaired) electrons. The quantitative estimate of drug-likeness (QED) is 0.815. The average molecular weight is 249 g/mol. The second-order valence-corrected chi connectivity index (χ2v) is 4.64. The van der Waals surface area contributed by atoms with Crippen LogP contribution in [0.4, 0.5) is 0 Å². The zero-order valence-electron chi connectivity index (χ0n) is 11.1. The number of aromatic nitrogens is 2. The minimum absolute atomic E-state index is 0.146. The Bertz CT molecular complexity index is 442. The summed E-state index contributed by atoms with van der Waals surface area (Å²) in [6.45, 7) is 5.43. The molecular weight excluding hydrogens is 230 g/mol. The molecule has 1 aliphatic heterocycles. The van der Waals surface area contributed by atoms with Crippen LogP contribution in [0.3, 0.4) is 0 Å². The lowest BCUT2D eigenvalue weighted by Gasteiger charge is -2.20. The standard InChI is InChI=1S/C13H19N3O2/c1-9(13(17)16-6-4-5-7-16)11-8-12(18-3)15-10(2)14-11/h8-9H,4-7H2,1-3H3/t9-/m1/s1. The van der Waals surface area contributed by atoms with Crippen LogP contribution in [0.25, 0.3) is 0 Å². The highest BCUT2D eigenvalue weighted by molar-refractivity contribution is 5.83. The summed E-state index contributed by atoms with van der Waals surface area (Å²) in [4.78, 5) is 22.7. The molecule has 1 amide bonds. The van der Waals surface area contributed by atoms with Gasteiger partial charge >= 0.3 is 0 Å². The number of likely N-dealkylation sites (tertiary alicyclic amines) is 1. The van der Waals surface area contributed by atoms with Crippen LogP contribution >= 0.6 is 0 Å². The van der Waals surface area contributed by atoms with Gasteiger partial charge in [-0.25, -0.2) is 4.98 Å². The summed E-state index contributed by atoms with van der Waals surface area (Å²) in [6, 6.07) is 1.74. The molecule has 18 heavy (non-hydrogen) atoms. The van der Waals surface area contributed by atoms with Gasteiger partial charge in [0.05, 0.1) is 18.7 Å². The van der Waals surface area contributed by atoms with Crippen molar-refractivity contribution in [3.63, 3.8) is 0 Å². The first-order valence-electron chi connectivity index (χ1n) is 6.30. The molecule has 1 saturated heterocycles. The Hall–Kier alpha value is -1.65. The molecule has 0 bridgehead atoms. The van der Waals surface area contributed by atoms with Gasteiger partial charge in [-0.3, -0.25) is 4.79 Å². The third kappa shape index (κ3) is 2.60. The smallest absolute Gasteiger partial charge is 0.231 e. The molecule has 2 rings (SSSR count). The van der Waals surface area contributed by atoms with Crippen LogP contribution in [0.2, 0.25) is 0 Å². The molecule has 2 heterocycles. The maximum absolute atomic E-state index is 12.3. The normalized spacial score (nSPS) is 16.7. The third-order valence-corrected chi connectivity index (χ3v) is 3.28. The van der Waals surface area contributed by atoms with E-state index in [9.17, 15) is 4.79 Å². The fraction of sp³-hybridized carbons (Fsp3) is 0.615. The first-order chi connectivity index (χ1) is 8.61. The number of rotatable bonds is 3. The minimum atomic E-state index is -0.237. The molecule has 1 aromatic rings. The van der Waals surface area contributed by atoms with Crippen LogP contribution in [0, 0.1) is 6.92 Å². The van der Waals surface area contributed by atoms with Gasteiger partial charge in [-0.2, -0.15) is 4.98 Å². The Morgan fingerprint density at radius 1 is 1.39 bits per heavy atom. The summed E-state index contributed by atoms with van der Waals surface area (Å²) >= 11 is 0. The number of ether oxygens (including phenoxy) is 1. The van der Waals surface area contributed by atoms with Gasteiger partial charge in [-0.1, -0.05) is 0 Å². The fourth-order valence-electron chi connectivity index (χ4n) is 2.23. The molecule has 1 aromatic heterocycles. The van der Waals surface area contributed by atoms with Gasteiger partial charge in [0.15, 0.2) is 0 Å². The number of aryl methyl sites for hydroxylation is 1. The van der Waals surface area contributed by atoms with Crippen molar-refractivity contribution in [2.24, 2.45) is 0 Å². The zero-order chi connectivity index (χ0) is 13.1. The molecule has 1 aliphatic rings. The Labute approximate surface area is 107 Å². The molecular formula is C13H19N3O2. The van der Waals surface area contributed by atoms with Crippen molar-refractivity contribution in [3.8, 4) is 5.88 Å². The SMILES string of the molecule is COc1cc([C@@H](C)C(=O)N2CCCC2)nc(C)n1. The van der Waals surface area contributed by atoms with Crippen LogP contribution in [0.1, 0.15) is 37.2 Å². The highest BCUT2D eigenvalue weighted by Gasteiger charge is 2.25. The number of hydrogen-bond donors (Lipinski definition) is 0. The Balaban J connectivity index is 2.19. The molecule has 5 nitrogen and oxygen atoms in total. The largest absolute Gasteiger partial charge is 0.481 e. The molecule has 1 fully saturated rings. The van der Waals surface area contributed by atoms with Crippen LogP contribution in [0.5, 0.6) is 5.88 Å². The summed E-state index contributed by atoms with van der Waals surface area (Å²) in [6.07, 6.45) is 2.20. The predicted octanol–water partition coefficient (Wildman–Crippen LogP) is 1.52. The second kappa shape index (κ2) is 5.33. The maximum atomic E-state index is 12.3. The van der Waals surface area contributed by atoms with E-state index in [1.54, 1.807) is 20.1 Å². The van der Waals surface area contributed by atoms with Gasteiger partial charge in [0.1, 0.15) is 5.82 Å². The molecule has 0 aromatic carbocycles. The van der Waals surface area contributed by atoms with Crippen molar-refractivity contribution in [2.45, 2.75) is 32.6 Å². The van der Waals surface area contributed by atoms with Gasteiger partial charge in [-0.15, -0.1) is 0 Å². The van der Waals surface area contributed by atoms with Crippen LogP contribution in [-0.4, -0.2) is 41.0 Å². The lowest BCUT2D eigenvalue weighted by molar-refractivity contribution is -0.131. The summed E-state index contributed by atoms with van der Waals surface area (Å²) < 4.78 is 5.12. The highest BCUT2D eigenvalue weighted by Crippen LogP contribution is 2.21. The first kappa shape index (κ1) is 12.8. The van der Waals surface area contributed by atoms with E-state index in [0.717, 1.165) is 31.6 Å². The van der Waals surface area contributed by atoms with E-state index >= 15 is 0 Å². The molecule has 0 saturated carbocycles. The summed E-state index contributed by atoms with van der Waals surface area (Å²) in [5.74, 6) is 1.05. The van der Waals surface area contributed by atoms with Gasteiger partial charge in [-0.05, 0) is 26.7 Å². The van der Waals surface area contributed by atoms with Crippen molar-refractivity contribution in [3.05, 3.63) is 17.6 Å². The van der Waals surface area contributed by atoms with Crippen molar-refractivity contribution < 1.29 is 9.53 Å². The predicted molar refractivity (Wildman–Crippen MR) is 67.6 cm³/mol. The maximum Gasteiger partial charge on any atom is 0.231 e. The van der Waals surface area contributed by atoms with Crippen LogP contribution in [0.15, 0.2) is 6.07 Å². The molecule has 5 heteroatoms. The molecule has 0 aliphatic carbocycles. The Kier molecular flexibility index (Phi) is 3.79. The monoisotopic (exact) mass is 249 g/mol. The van der Waals surface area contributed by atoms with Gasteiger partial charge in [0, 0.05) is 19.2 Å². The van der Waals surface area contributed by atoms with E-state index in [1.165, 1.54) is 0 Å². The molecule has 0 unspecified atom stereocenters. The topological polar surface area (TPSA) is 55.3 Å². The minimum Gasteiger partial charge on any atom is -0.481 e. The van der Waals surface area contributed by atoms with E-state index < -0.39 is 0 Å². The fourth-order valence-corrected chi connectivity index (χ4v) is 2.23. The Morgan fingerprint density at radius 3 is 2.67 bits per heavy atom. The molecule has 0 N–H and O–H groups in total. The second-order valence-electron chi connectivity index (χ2n) is 4.64.